The van der Waals surface area contributed by atoms with Gasteiger partial charge in [0.1, 0.15) is 11.6 Å². The van der Waals surface area contributed by atoms with E-state index in [1.807, 2.05) is 13.0 Å². The molecule has 7 nitrogen and oxygen atoms in total. The van der Waals surface area contributed by atoms with E-state index in [9.17, 15) is 0 Å². The average molecular weight is 313 g/mol. The first kappa shape index (κ1) is 13.5. The van der Waals surface area contributed by atoms with Gasteiger partial charge in [0.25, 0.3) is 0 Å². The van der Waals surface area contributed by atoms with Crippen LogP contribution < -0.4 is 0 Å². The molecule has 0 N–H and O–H groups in total. The van der Waals surface area contributed by atoms with Crippen molar-refractivity contribution >= 4 is 11.3 Å². The summed E-state index contributed by atoms with van der Waals surface area (Å²) < 4.78 is 2.18. The van der Waals surface area contributed by atoms with Crippen LogP contribution in [0.5, 0.6) is 0 Å². The number of rotatable bonds is 3. The van der Waals surface area contributed by atoms with E-state index in [-0.39, 0.29) is 0 Å². The summed E-state index contributed by atoms with van der Waals surface area (Å²) in [5, 5.41) is 11.3. The first-order valence-electron chi connectivity index (χ1n) is 7.12. The molecule has 0 bridgehead atoms. The number of hydrogen-bond donors (Lipinski definition) is 0. The Labute approximate surface area is 131 Å². The summed E-state index contributed by atoms with van der Waals surface area (Å²) >= 11 is 1.58. The van der Waals surface area contributed by atoms with E-state index in [0.717, 1.165) is 48.5 Å². The first-order chi connectivity index (χ1) is 10.8. The number of nitrogens with zero attached hydrogens (tertiary/aromatic N) is 7. The molecule has 0 fully saturated rings. The SMILES string of the molecule is Cc1nnc2n1CCN(Cc1csc(-c3ncccn3)n1)C2. The van der Waals surface area contributed by atoms with Crippen molar-refractivity contribution in [1.29, 1.82) is 0 Å². The molecule has 3 aromatic rings. The van der Waals surface area contributed by atoms with Gasteiger partial charge in [-0.1, -0.05) is 0 Å². The number of thiazole rings is 1. The molecule has 0 spiro atoms. The zero-order chi connectivity index (χ0) is 14.9. The largest absolute Gasteiger partial charge is 0.313 e. The van der Waals surface area contributed by atoms with E-state index in [0.29, 0.717) is 5.82 Å². The molecule has 0 atom stereocenters. The highest BCUT2D eigenvalue weighted by atomic mass is 32.1. The van der Waals surface area contributed by atoms with Crippen molar-refractivity contribution in [2.45, 2.75) is 26.6 Å². The fraction of sp³-hybridized carbons (Fsp3) is 0.357. The Morgan fingerprint density at radius 1 is 1.18 bits per heavy atom. The van der Waals surface area contributed by atoms with Gasteiger partial charge in [-0.2, -0.15) is 0 Å². The summed E-state index contributed by atoms with van der Waals surface area (Å²) in [5.41, 5.74) is 1.05. The highest BCUT2D eigenvalue weighted by Crippen LogP contribution is 2.21. The van der Waals surface area contributed by atoms with Crippen molar-refractivity contribution in [3.8, 4) is 10.8 Å². The fourth-order valence-corrected chi connectivity index (χ4v) is 3.36. The highest BCUT2D eigenvalue weighted by Gasteiger charge is 2.20. The van der Waals surface area contributed by atoms with Crippen LogP contribution in [0.2, 0.25) is 0 Å². The van der Waals surface area contributed by atoms with Crippen LogP contribution >= 0.6 is 11.3 Å². The van der Waals surface area contributed by atoms with Gasteiger partial charge < -0.3 is 4.57 Å². The molecule has 0 unspecified atom stereocenters. The van der Waals surface area contributed by atoms with E-state index in [1.165, 1.54) is 0 Å². The van der Waals surface area contributed by atoms with Crippen LogP contribution in [0.15, 0.2) is 23.8 Å². The van der Waals surface area contributed by atoms with Gasteiger partial charge in [0.05, 0.1) is 12.2 Å². The summed E-state index contributed by atoms with van der Waals surface area (Å²) in [6, 6.07) is 1.81. The molecular weight excluding hydrogens is 298 g/mol. The highest BCUT2D eigenvalue weighted by molar-refractivity contribution is 7.13. The Kier molecular flexibility index (Phi) is 3.39. The second kappa shape index (κ2) is 5.54. The zero-order valence-corrected chi connectivity index (χ0v) is 13.0. The molecule has 0 amide bonds. The van der Waals surface area contributed by atoms with Crippen LogP contribution in [0.3, 0.4) is 0 Å². The summed E-state index contributed by atoms with van der Waals surface area (Å²) in [6.07, 6.45) is 3.48. The molecule has 0 saturated heterocycles. The van der Waals surface area contributed by atoms with E-state index in [1.54, 1.807) is 23.7 Å². The predicted octanol–water partition coefficient (Wildman–Crippen LogP) is 1.52. The summed E-state index contributed by atoms with van der Waals surface area (Å²) in [6.45, 7) is 5.55. The van der Waals surface area contributed by atoms with Crippen LogP contribution in [-0.2, 0) is 19.6 Å². The Morgan fingerprint density at radius 3 is 2.91 bits per heavy atom. The third-order valence-electron chi connectivity index (χ3n) is 3.71. The van der Waals surface area contributed by atoms with Crippen molar-refractivity contribution in [2.24, 2.45) is 0 Å². The molecule has 4 heterocycles. The van der Waals surface area contributed by atoms with Gasteiger partial charge >= 0.3 is 0 Å². The van der Waals surface area contributed by atoms with E-state index < -0.39 is 0 Å². The molecule has 4 rings (SSSR count). The van der Waals surface area contributed by atoms with Crippen LogP contribution in [0.1, 0.15) is 17.3 Å². The lowest BCUT2D eigenvalue weighted by molar-refractivity contribution is 0.206. The maximum atomic E-state index is 4.64. The van der Waals surface area contributed by atoms with Crippen LogP contribution in [-0.4, -0.2) is 41.2 Å². The summed E-state index contributed by atoms with van der Waals surface area (Å²) in [4.78, 5) is 15.5. The van der Waals surface area contributed by atoms with E-state index in [2.05, 4.69) is 40.0 Å². The maximum Gasteiger partial charge on any atom is 0.188 e. The number of aromatic nitrogens is 6. The molecule has 22 heavy (non-hydrogen) atoms. The monoisotopic (exact) mass is 313 g/mol. The van der Waals surface area contributed by atoms with Crippen LogP contribution in [0.25, 0.3) is 10.8 Å². The van der Waals surface area contributed by atoms with Gasteiger partial charge in [0, 0.05) is 37.4 Å². The predicted molar refractivity (Wildman–Crippen MR) is 82.0 cm³/mol. The third kappa shape index (κ3) is 2.51. The van der Waals surface area contributed by atoms with Crippen molar-refractivity contribution < 1.29 is 0 Å². The molecule has 1 aliphatic heterocycles. The van der Waals surface area contributed by atoms with Crippen LogP contribution in [0, 0.1) is 6.92 Å². The summed E-state index contributed by atoms with van der Waals surface area (Å²) in [5.74, 6) is 2.71. The van der Waals surface area contributed by atoms with Gasteiger partial charge in [0.15, 0.2) is 10.8 Å². The molecule has 112 valence electrons. The lowest BCUT2D eigenvalue weighted by Crippen LogP contribution is -2.33. The zero-order valence-electron chi connectivity index (χ0n) is 12.2. The molecule has 0 aromatic carbocycles. The Morgan fingerprint density at radius 2 is 2.05 bits per heavy atom. The topological polar surface area (TPSA) is 72.6 Å². The average Bonchev–Trinajstić information content (AvgIpc) is 3.16. The van der Waals surface area contributed by atoms with Crippen LogP contribution in [0.4, 0.5) is 0 Å². The van der Waals surface area contributed by atoms with Gasteiger partial charge in [-0.05, 0) is 13.0 Å². The Balaban J connectivity index is 1.48. The molecule has 0 saturated carbocycles. The second-order valence-electron chi connectivity index (χ2n) is 5.24. The quantitative estimate of drug-likeness (QED) is 0.730. The van der Waals surface area contributed by atoms with E-state index in [4.69, 9.17) is 0 Å². The van der Waals surface area contributed by atoms with Gasteiger partial charge in [-0.25, -0.2) is 15.0 Å². The van der Waals surface area contributed by atoms with Gasteiger partial charge in [-0.15, -0.1) is 21.5 Å². The molecule has 0 radical (unpaired) electrons. The fourth-order valence-electron chi connectivity index (χ4n) is 2.61. The molecule has 0 aliphatic carbocycles. The smallest absolute Gasteiger partial charge is 0.188 e. The standard InChI is InChI=1S/C14H15N7S/c1-10-18-19-12-8-20(5-6-21(10)12)7-11-9-22-14(17-11)13-15-3-2-4-16-13/h2-4,9H,5-8H2,1H3. The van der Waals surface area contributed by atoms with Gasteiger partial charge in [0.2, 0.25) is 0 Å². The molecule has 3 aromatic heterocycles. The van der Waals surface area contributed by atoms with Crippen molar-refractivity contribution in [3.05, 3.63) is 41.2 Å². The maximum absolute atomic E-state index is 4.64. The number of fused-ring (bicyclic) bond motifs is 1. The Hall–Kier alpha value is -2.19. The van der Waals surface area contributed by atoms with E-state index >= 15 is 0 Å². The Bertz CT molecular complexity index is 780. The lowest BCUT2D eigenvalue weighted by Gasteiger charge is -2.26. The normalized spacial score (nSPS) is 15.0. The first-order valence-corrected chi connectivity index (χ1v) is 8.00. The minimum atomic E-state index is 0.688. The minimum Gasteiger partial charge on any atom is -0.313 e. The number of hydrogen-bond acceptors (Lipinski definition) is 7. The molecular formula is C14H15N7S. The van der Waals surface area contributed by atoms with Gasteiger partial charge in [-0.3, -0.25) is 4.90 Å². The minimum absolute atomic E-state index is 0.688. The van der Waals surface area contributed by atoms with Crippen molar-refractivity contribution in [2.75, 3.05) is 6.54 Å². The summed E-state index contributed by atoms with van der Waals surface area (Å²) in [7, 11) is 0. The second-order valence-corrected chi connectivity index (χ2v) is 6.10. The third-order valence-corrected chi connectivity index (χ3v) is 4.60. The van der Waals surface area contributed by atoms with Crippen molar-refractivity contribution in [1.82, 2.24) is 34.6 Å². The number of aryl methyl sites for hydroxylation is 1. The van der Waals surface area contributed by atoms with Crippen molar-refractivity contribution in [3.63, 3.8) is 0 Å². The molecule has 1 aliphatic rings. The molecule has 8 heteroatoms. The lowest BCUT2D eigenvalue weighted by atomic mass is 10.3.